The lowest BCUT2D eigenvalue weighted by molar-refractivity contribution is 0.492. The molecule has 2 nitrogen and oxygen atoms in total. The minimum atomic E-state index is -0.135. The van der Waals surface area contributed by atoms with Crippen molar-refractivity contribution in [2.45, 2.75) is 6.04 Å². The second-order valence-electron chi connectivity index (χ2n) is 3.29. The summed E-state index contributed by atoms with van der Waals surface area (Å²) in [7, 11) is 0. The molecule has 0 amide bonds. The third-order valence-electron chi connectivity index (χ3n) is 2.31. The maximum Gasteiger partial charge on any atom is 0.125 e. The molecule has 0 aliphatic rings. The lowest BCUT2D eigenvalue weighted by atomic mass is 10.2. The van der Waals surface area contributed by atoms with E-state index < -0.39 is 0 Å². The van der Waals surface area contributed by atoms with Gasteiger partial charge in [-0.25, -0.2) is 0 Å². The third-order valence-corrected chi connectivity index (χ3v) is 4.49. The van der Waals surface area contributed by atoms with Crippen LogP contribution in [0.5, 0.6) is 0 Å². The minimum absolute atomic E-state index is 0.135. The molecule has 0 saturated heterocycles. The van der Waals surface area contributed by atoms with E-state index in [1.807, 2.05) is 12.1 Å². The minimum Gasteiger partial charge on any atom is -0.467 e. The lowest BCUT2D eigenvalue weighted by Gasteiger charge is -2.04. The molecule has 0 aromatic carbocycles. The van der Waals surface area contributed by atoms with Crippen LogP contribution < -0.4 is 5.73 Å². The smallest absolute Gasteiger partial charge is 0.125 e. The molecule has 76 valence electrons. The van der Waals surface area contributed by atoms with Crippen molar-refractivity contribution in [3.05, 3.63) is 46.5 Å². The van der Waals surface area contributed by atoms with Crippen LogP contribution >= 0.6 is 22.7 Å². The van der Waals surface area contributed by atoms with Gasteiger partial charge in [0.1, 0.15) is 5.76 Å². The fourth-order valence-electron chi connectivity index (χ4n) is 1.55. The normalized spacial score (nSPS) is 13.4. The molecule has 0 spiro atoms. The predicted molar refractivity (Wildman–Crippen MR) is 64.4 cm³/mol. The van der Waals surface area contributed by atoms with Crippen LogP contribution in [-0.2, 0) is 0 Å². The largest absolute Gasteiger partial charge is 0.467 e. The Morgan fingerprint density at radius 2 is 2.20 bits per heavy atom. The van der Waals surface area contributed by atoms with Gasteiger partial charge in [0.2, 0.25) is 0 Å². The molecule has 3 aromatic heterocycles. The maximum atomic E-state index is 6.11. The summed E-state index contributed by atoms with van der Waals surface area (Å²) >= 11 is 3.48. The Morgan fingerprint density at radius 1 is 1.27 bits per heavy atom. The van der Waals surface area contributed by atoms with E-state index in [1.54, 1.807) is 28.9 Å². The van der Waals surface area contributed by atoms with E-state index in [0.29, 0.717) is 0 Å². The van der Waals surface area contributed by atoms with Crippen molar-refractivity contribution in [2.75, 3.05) is 0 Å². The van der Waals surface area contributed by atoms with E-state index in [0.717, 1.165) is 10.6 Å². The molecule has 0 aliphatic heterocycles. The van der Waals surface area contributed by atoms with E-state index in [2.05, 4.69) is 17.5 Å². The van der Waals surface area contributed by atoms with Crippen LogP contribution in [0.3, 0.4) is 0 Å². The molecule has 0 fully saturated rings. The van der Waals surface area contributed by atoms with Gasteiger partial charge in [0.15, 0.2) is 0 Å². The van der Waals surface area contributed by atoms with Crippen LogP contribution in [-0.4, -0.2) is 0 Å². The maximum absolute atomic E-state index is 6.11. The van der Waals surface area contributed by atoms with Gasteiger partial charge in [0.25, 0.3) is 0 Å². The van der Waals surface area contributed by atoms with Crippen molar-refractivity contribution in [2.24, 2.45) is 5.73 Å². The van der Waals surface area contributed by atoms with E-state index >= 15 is 0 Å². The molecule has 3 rings (SSSR count). The van der Waals surface area contributed by atoms with Gasteiger partial charge >= 0.3 is 0 Å². The van der Waals surface area contributed by atoms with Crippen molar-refractivity contribution >= 4 is 32.1 Å². The fourth-order valence-corrected chi connectivity index (χ4v) is 3.68. The fraction of sp³-hybridized carbons (Fsp3) is 0.0909. The SMILES string of the molecule is NC(c1ccco1)c1cc2sccc2s1. The van der Waals surface area contributed by atoms with E-state index in [1.165, 1.54) is 9.40 Å². The Bertz CT molecular complexity index is 536. The quantitative estimate of drug-likeness (QED) is 0.737. The molecule has 1 atom stereocenters. The summed E-state index contributed by atoms with van der Waals surface area (Å²) in [5.41, 5.74) is 6.11. The lowest BCUT2D eigenvalue weighted by Crippen LogP contribution is -2.08. The van der Waals surface area contributed by atoms with Gasteiger partial charge in [0.05, 0.1) is 12.3 Å². The first kappa shape index (κ1) is 9.15. The number of nitrogens with two attached hydrogens (primary N) is 1. The first-order valence-corrected chi connectivity index (χ1v) is 6.30. The summed E-state index contributed by atoms with van der Waals surface area (Å²) in [6, 6.07) is 7.93. The second kappa shape index (κ2) is 3.48. The highest BCUT2D eigenvalue weighted by Gasteiger charge is 2.14. The summed E-state index contributed by atoms with van der Waals surface area (Å²) in [6.07, 6.45) is 1.66. The summed E-state index contributed by atoms with van der Waals surface area (Å²) in [5, 5.41) is 2.10. The molecule has 0 aliphatic carbocycles. The number of hydrogen-bond acceptors (Lipinski definition) is 4. The van der Waals surface area contributed by atoms with Crippen LogP contribution in [0.4, 0.5) is 0 Å². The Kier molecular flexibility index (Phi) is 2.12. The van der Waals surface area contributed by atoms with Crippen molar-refractivity contribution in [1.29, 1.82) is 0 Å². The standard InChI is InChI=1S/C11H9NOS2/c12-11(7-2-1-4-13-7)10-6-9-8(15-10)3-5-14-9/h1-6,11H,12H2. The average molecular weight is 235 g/mol. The zero-order valence-corrected chi connectivity index (χ0v) is 9.48. The molecule has 0 bridgehead atoms. The van der Waals surface area contributed by atoms with E-state index in [-0.39, 0.29) is 6.04 Å². The molecular formula is C11H9NOS2. The van der Waals surface area contributed by atoms with Crippen LogP contribution in [0.15, 0.2) is 40.3 Å². The Balaban J connectivity index is 2.03. The van der Waals surface area contributed by atoms with Gasteiger partial charge in [-0.15, -0.1) is 22.7 Å². The molecule has 0 radical (unpaired) electrons. The summed E-state index contributed by atoms with van der Waals surface area (Å²) in [6.45, 7) is 0. The van der Waals surface area contributed by atoms with Gasteiger partial charge in [-0.1, -0.05) is 0 Å². The van der Waals surface area contributed by atoms with Gasteiger partial charge in [0, 0.05) is 14.3 Å². The zero-order valence-electron chi connectivity index (χ0n) is 7.84. The molecule has 4 heteroatoms. The van der Waals surface area contributed by atoms with Crippen LogP contribution in [0.2, 0.25) is 0 Å². The Labute approximate surface area is 95.0 Å². The van der Waals surface area contributed by atoms with Crippen LogP contribution in [0, 0.1) is 0 Å². The number of furan rings is 1. The molecular weight excluding hydrogens is 226 g/mol. The zero-order chi connectivity index (χ0) is 10.3. The van der Waals surface area contributed by atoms with Crippen molar-refractivity contribution in [1.82, 2.24) is 0 Å². The highest BCUT2D eigenvalue weighted by Crippen LogP contribution is 2.34. The number of thiophene rings is 2. The van der Waals surface area contributed by atoms with Gasteiger partial charge in [-0.3, -0.25) is 0 Å². The number of rotatable bonds is 2. The van der Waals surface area contributed by atoms with Crippen molar-refractivity contribution in [3.63, 3.8) is 0 Å². The molecule has 3 aromatic rings. The molecule has 0 saturated carbocycles. The average Bonchev–Trinajstić information content (AvgIpc) is 2.92. The molecule has 1 unspecified atom stereocenters. The molecule has 15 heavy (non-hydrogen) atoms. The first-order chi connectivity index (χ1) is 7.34. The Hall–Kier alpha value is -1.10. The first-order valence-electron chi connectivity index (χ1n) is 4.60. The number of fused-ring (bicyclic) bond motifs is 1. The Morgan fingerprint density at radius 3 is 2.93 bits per heavy atom. The summed E-state index contributed by atoms with van der Waals surface area (Å²) < 4.78 is 7.91. The van der Waals surface area contributed by atoms with Crippen LogP contribution in [0.25, 0.3) is 9.40 Å². The molecule has 3 heterocycles. The van der Waals surface area contributed by atoms with Crippen molar-refractivity contribution in [3.8, 4) is 0 Å². The monoisotopic (exact) mass is 235 g/mol. The summed E-state index contributed by atoms with van der Waals surface area (Å²) in [5.74, 6) is 0.823. The molecule has 2 N–H and O–H groups in total. The number of hydrogen-bond donors (Lipinski definition) is 1. The highest BCUT2D eigenvalue weighted by molar-refractivity contribution is 7.26. The predicted octanol–water partition coefficient (Wildman–Crippen LogP) is 3.60. The van der Waals surface area contributed by atoms with Gasteiger partial charge in [-0.05, 0) is 29.6 Å². The summed E-state index contributed by atoms with van der Waals surface area (Å²) in [4.78, 5) is 1.16. The van der Waals surface area contributed by atoms with Crippen LogP contribution in [0.1, 0.15) is 16.7 Å². The highest BCUT2D eigenvalue weighted by atomic mass is 32.1. The second-order valence-corrected chi connectivity index (χ2v) is 5.35. The van der Waals surface area contributed by atoms with Crippen molar-refractivity contribution < 1.29 is 4.42 Å². The third kappa shape index (κ3) is 1.51. The topological polar surface area (TPSA) is 39.2 Å². The van der Waals surface area contributed by atoms with E-state index in [9.17, 15) is 0 Å². The van der Waals surface area contributed by atoms with E-state index in [4.69, 9.17) is 10.2 Å². The van der Waals surface area contributed by atoms with Gasteiger partial charge < -0.3 is 10.2 Å². The van der Waals surface area contributed by atoms with Gasteiger partial charge in [-0.2, -0.15) is 0 Å².